The third-order valence-corrected chi connectivity index (χ3v) is 0.827. The smallest absolute Gasteiger partial charge is 0.309 e. The fourth-order valence-electron chi connectivity index (χ4n) is 0.510. The van der Waals surface area contributed by atoms with Crippen molar-refractivity contribution >= 4 is 6.03 Å². The van der Waals surface area contributed by atoms with Gasteiger partial charge in [0.15, 0.2) is 0 Å². The number of primary amides is 2. The molecule has 0 saturated carbocycles. The molecule has 0 atom stereocenters. The molecule has 0 aliphatic carbocycles. The van der Waals surface area contributed by atoms with Gasteiger partial charge in [-0.15, -0.1) is 0 Å². The second kappa shape index (κ2) is 5.37. The van der Waals surface area contributed by atoms with Gasteiger partial charge >= 0.3 is 6.03 Å². The number of carbonyl (C=O) groups is 1. The summed E-state index contributed by atoms with van der Waals surface area (Å²) >= 11 is 0. The van der Waals surface area contributed by atoms with Crippen molar-refractivity contribution in [3.05, 3.63) is 0 Å². The Bertz CT molecular complexity index is 69.4. The highest BCUT2D eigenvalue weighted by molar-refractivity contribution is 5.69. The number of amides is 2. The van der Waals surface area contributed by atoms with Gasteiger partial charge in [-0.25, -0.2) is 4.79 Å². The Kier molecular flexibility index (Phi) is 4.91. The average Bonchev–Trinajstić information content (AvgIpc) is 2.11. The summed E-state index contributed by atoms with van der Waals surface area (Å²) in [6.45, 7) is 2.00. The van der Waals surface area contributed by atoms with Crippen LogP contribution in [0.3, 0.4) is 0 Å². The molecule has 4 nitrogen and oxygen atoms in total. The van der Waals surface area contributed by atoms with E-state index in [1.165, 1.54) is 12.8 Å². The summed E-state index contributed by atoms with van der Waals surface area (Å²) in [6.07, 6.45) is 2.56. The molecule has 4 N–H and O–H groups in total. The van der Waals surface area contributed by atoms with Gasteiger partial charge in [-0.2, -0.15) is 0 Å². The van der Waals surface area contributed by atoms with E-state index >= 15 is 0 Å². The van der Waals surface area contributed by atoms with Crippen LogP contribution in [0.1, 0.15) is 12.8 Å². The summed E-state index contributed by atoms with van der Waals surface area (Å²) in [4.78, 5) is 9.00. The molecule has 1 heterocycles. The Morgan fingerprint density at radius 2 is 1.56 bits per heavy atom. The molecule has 2 amide bonds. The predicted octanol–water partition coefficient (Wildman–Crippen LogP) is -0.179. The van der Waals surface area contributed by atoms with Gasteiger partial charge in [0.05, 0.1) is 0 Å². The van der Waals surface area contributed by atoms with Crippen molar-refractivity contribution in [1.29, 1.82) is 0 Å². The van der Waals surface area contributed by atoms with Crippen LogP contribution < -0.4 is 11.5 Å². The van der Waals surface area contributed by atoms with Gasteiger partial charge < -0.3 is 16.2 Å². The first kappa shape index (κ1) is 8.23. The lowest BCUT2D eigenvalue weighted by Crippen LogP contribution is -2.18. The van der Waals surface area contributed by atoms with Crippen molar-refractivity contribution in [3.8, 4) is 0 Å². The molecule has 0 spiro atoms. The highest BCUT2D eigenvalue weighted by Crippen LogP contribution is 1.98. The Morgan fingerprint density at radius 1 is 1.22 bits per heavy atom. The van der Waals surface area contributed by atoms with E-state index in [-0.39, 0.29) is 0 Å². The van der Waals surface area contributed by atoms with Crippen LogP contribution in [0.2, 0.25) is 0 Å². The van der Waals surface area contributed by atoms with Crippen LogP contribution in [-0.2, 0) is 4.74 Å². The number of hydrogen-bond donors (Lipinski definition) is 2. The SMILES string of the molecule is C1CCOC1.NC(N)=O. The van der Waals surface area contributed by atoms with Gasteiger partial charge in [0.2, 0.25) is 0 Å². The quantitative estimate of drug-likeness (QED) is 0.479. The van der Waals surface area contributed by atoms with E-state index in [9.17, 15) is 0 Å². The highest BCUT2D eigenvalue weighted by Gasteiger charge is 1.94. The average molecular weight is 132 g/mol. The second-order valence-electron chi connectivity index (χ2n) is 1.72. The minimum Gasteiger partial charge on any atom is -0.381 e. The van der Waals surface area contributed by atoms with Gasteiger partial charge in [-0.1, -0.05) is 0 Å². The molecule has 0 radical (unpaired) electrons. The van der Waals surface area contributed by atoms with E-state index in [4.69, 9.17) is 9.53 Å². The number of rotatable bonds is 0. The maximum atomic E-state index is 9.00. The standard InChI is InChI=1S/C4H8O.CH4N2O/c1-2-4-5-3-1;2-1(3)4/h1-4H2;(H4,2,3,4). The van der Waals surface area contributed by atoms with Crippen molar-refractivity contribution in [2.75, 3.05) is 13.2 Å². The first-order chi connectivity index (χ1) is 4.23. The molecule has 1 rings (SSSR count). The molecule has 54 valence electrons. The molecule has 1 saturated heterocycles. The lowest BCUT2D eigenvalue weighted by Gasteiger charge is -1.76. The van der Waals surface area contributed by atoms with E-state index in [0.29, 0.717) is 0 Å². The lowest BCUT2D eigenvalue weighted by molar-refractivity contribution is 0.198. The first-order valence-corrected chi connectivity index (χ1v) is 2.86. The van der Waals surface area contributed by atoms with Crippen molar-refractivity contribution < 1.29 is 9.53 Å². The van der Waals surface area contributed by atoms with E-state index in [0.717, 1.165) is 13.2 Å². The van der Waals surface area contributed by atoms with E-state index in [1.54, 1.807) is 0 Å². The van der Waals surface area contributed by atoms with Crippen LogP contribution in [-0.4, -0.2) is 19.2 Å². The van der Waals surface area contributed by atoms with Crippen molar-refractivity contribution in [3.63, 3.8) is 0 Å². The molecule has 1 aliphatic rings. The molecular formula is C5H12N2O2. The molecule has 0 aromatic rings. The molecule has 0 aromatic carbocycles. The van der Waals surface area contributed by atoms with E-state index < -0.39 is 6.03 Å². The third-order valence-electron chi connectivity index (χ3n) is 0.827. The zero-order valence-electron chi connectivity index (χ0n) is 5.30. The van der Waals surface area contributed by atoms with Crippen LogP contribution >= 0.6 is 0 Å². The molecule has 0 unspecified atom stereocenters. The van der Waals surface area contributed by atoms with Gasteiger partial charge in [-0.3, -0.25) is 0 Å². The number of urea groups is 1. The van der Waals surface area contributed by atoms with Gasteiger partial charge in [0.25, 0.3) is 0 Å². The van der Waals surface area contributed by atoms with Gasteiger partial charge in [0.1, 0.15) is 0 Å². The zero-order chi connectivity index (χ0) is 7.11. The summed E-state index contributed by atoms with van der Waals surface area (Å²) in [5.74, 6) is 0. The fraction of sp³-hybridized carbons (Fsp3) is 0.800. The van der Waals surface area contributed by atoms with E-state index in [1.807, 2.05) is 0 Å². The minimum absolute atomic E-state index is 0.833. The molecule has 0 bridgehead atoms. The van der Waals surface area contributed by atoms with Crippen LogP contribution in [0, 0.1) is 0 Å². The summed E-state index contributed by atoms with van der Waals surface area (Å²) < 4.78 is 4.94. The normalized spacial score (nSPS) is 16.0. The lowest BCUT2D eigenvalue weighted by atomic mass is 10.4. The minimum atomic E-state index is -0.833. The first-order valence-electron chi connectivity index (χ1n) is 2.86. The Labute approximate surface area is 54.2 Å². The topological polar surface area (TPSA) is 78.3 Å². The van der Waals surface area contributed by atoms with Crippen molar-refractivity contribution in [2.45, 2.75) is 12.8 Å². The van der Waals surface area contributed by atoms with Crippen LogP contribution in [0.5, 0.6) is 0 Å². The summed E-state index contributed by atoms with van der Waals surface area (Å²) in [6, 6.07) is -0.833. The van der Waals surface area contributed by atoms with Crippen LogP contribution in [0.4, 0.5) is 4.79 Å². The molecule has 0 aromatic heterocycles. The number of nitrogens with two attached hydrogens (primary N) is 2. The Hall–Kier alpha value is -0.770. The summed E-state index contributed by atoms with van der Waals surface area (Å²) in [7, 11) is 0. The number of hydrogen-bond acceptors (Lipinski definition) is 2. The number of ether oxygens (including phenoxy) is 1. The van der Waals surface area contributed by atoms with Gasteiger partial charge in [-0.05, 0) is 12.8 Å². The van der Waals surface area contributed by atoms with Crippen LogP contribution in [0.25, 0.3) is 0 Å². The zero-order valence-corrected chi connectivity index (χ0v) is 5.30. The second-order valence-corrected chi connectivity index (χ2v) is 1.72. The predicted molar refractivity (Wildman–Crippen MR) is 33.8 cm³/mol. The van der Waals surface area contributed by atoms with E-state index in [2.05, 4.69) is 11.5 Å². The van der Waals surface area contributed by atoms with Crippen molar-refractivity contribution in [2.24, 2.45) is 11.5 Å². The molecule has 4 heteroatoms. The highest BCUT2D eigenvalue weighted by atomic mass is 16.5. The summed E-state index contributed by atoms with van der Waals surface area (Å²) in [5.41, 5.74) is 8.50. The monoisotopic (exact) mass is 132 g/mol. The number of carbonyl (C=O) groups excluding carboxylic acids is 1. The van der Waals surface area contributed by atoms with Gasteiger partial charge in [0, 0.05) is 13.2 Å². The van der Waals surface area contributed by atoms with Crippen LogP contribution in [0.15, 0.2) is 0 Å². The maximum absolute atomic E-state index is 9.00. The summed E-state index contributed by atoms with van der Waals surface area (Å²) in [5, 5.41) is 0. The Morgan fingerprint density at radius 3 is 1.67 bits per heavy atom. The molecule has 1 aliphatic heterocycles. The maximum Gasteiger partial charge on any atom is 0.309 e. The Balaban J connectivity index is 0.000000148. The molecule has 1 fully saturated rings. The molecule has 9 heavy (non-hydrogen) atoms. The van der Waals surface area contributed by atoms with Crippen molar-refractivity contribution in [1.82, 2.24) is 0 Å². The molecular weight excluding hydrogens is 120 g/mol. The third kappa shape index (κ3) is 11.1. The fourth-order valence-corrected chi connectivity index (χ4v) is 0.510. The largest absolute Gasteiger partial charge is 0.381 e.